The van der Waals surface area contributed by atoms with Gasteiger partial charge in [-0.25, -0.2) is 0 Å². The molecule has 2 heteroatoms. The van der Waals surface area contributed by atoms with Crippen molar-refractivity contribution >= 4 is 0 Å². The first-order chi connectivity index (χ1) is 8.69. The minimum absolute atomic E-state index is 0.590. The van der Waals surface area contributed by atoms with Crippen molar-refractivity contribution in [2.24, 2.45) is 11.8 Å². The van der Waals surface area contributed by atoms with E-state index in [0.717, 1.165) is 18.3 Å². The van der Waals surface area contributed by atoms with Crippen LogP contribution in [-0.4, -0.2) is 18.1 Å². The van der Waals surface area contributed by atoms with Gasteiger partial charge in [0.15, 0.2) is 0 Å². The molecule has 1 aromatic rings. The van der Waals surface area contributed by atoms with Gasteiger partial charge in [-0.3, -0.25) is 4.98 Å². The summed E-state index contributed by atoms with van der Waals surface area (Å²) >= 11 is 0. The zero-order valence-corrected chi connectivity index (χ0v) is 11.9. The Hall–Kier alpha value is -0.890. The lowest BCUT2D eigenvalue weighted by atomic mass is 9.78. The maximum Gasteiger partial charge on any atom is 0.0419 e. The van der Waals surface area contributed by atoms with Crippen LogP contribution in [0.5, 0.6) is 0 Å². The number of nitrogens with zero attached hydrogens (tertiary/aromatic N) is 1. The quantitative estimate of drug-likeness (QED) is 0.881. The highest BCUT2D eigenvalue weighted by Gasteiger charge is 2.25. The molecule has 1 N–H and O–H groups in total. The normalized spacial score (nSPS) is 25.9. The molecule has 0 bridgehead atoms. The molecule has 1 aliphatic carbocycles. The largest absolute Gasteiger partial charge is 0.316 e. The summed E-state index contributed by atoms with van der Waals surface area (Å²) in [6.07, 6.45) is 8.58. The van der Waals surface area contributed by atoms with Gasteiger partial charge in [0.05, 0.1) is 0 Å². The maximum absolute atomic E-state index is 4.54. The third kappa shape index (κ3) is 3.55. The SMILES string of the molecule is CNC(Cc1ccc(C)cn1)C1CCC(C)CC1. The van der Waals surface area contributed by atoms with Crippen LogP contribution in [0, 0.1) is 18.8 Å². The fourth-order valence-electron chi connectivity index (χ4n) is 3.04. The Morgan fingerprint density at radius 2 is 2.00 bits per heavy atom. The fraction of sp³-hybridized carbons (Fsp3) is 0.688. The predicted octanol–water partition coefficient (Wildman–Crippen LogP) is 3.35. The van der Waals surface area contributed by atoms with Crippen molar-refractivity contribution in [3.05, 3.63) is 29.6 Å². The smallest absolute Gasteiger partial charge is 0.0419 e. The second-order valence-corrected chi connectivity index (χ2v) is 5.95. The molecule has 1 atom stereocenters. The lowest BCUT2D eigenvalue weighted by Gasteiger charge is -2.32. The zero-order valence-electron chi connectivity index (χ0n) is 11.9. The van der Waals surface area contributed by atoms with E-state index in [4.69, 9.17) is 0 Å². The molecule has 1 saturated carbocycles. The van der Waals surface area contributed by atoms with Crippen LogP contribution < -0.4 is 5.32 Å². The minimum Gasteiger partial charge on any atom is -0.316 e. The van der Waals surface area contributed by atoms with Crippen molar-refractivity contribution in [1.82, 2.24) is 10.3 Å². The number of aryl methyl sites for hydroxylation is 1. The van der Waals surface area contributed by atoms with Gasteiger partial charge in [-0.15, -0.1) is 0 Å². The van der Waals surface area contributed by atoms with E-state index < -0.39 is 0 Å². The van der Waals surface area contributed by atoms with Gasteiger partial charge in [-0.2, -0.15) is 0 Å². The molecule has 1 aliphatic rings. The molecule has 0 saturated heterocycles. The van der Waals surface area contributed by atoms with Crippen molar-refractivity contribution in [2.45, 2.75) is 52.0 Å². The van der Waals surface area contributed by atoms with Gasteiger partial charge in [0, 0.05) is 24.4 Å². The van der Waals surface area contributed by atoms with Crippen molar-refractivity contribution in [3.63, 3.8) is 0 Å². The lowest BCUT2D eigenvalue weighted by Crippen LogP contribution is -2.37. The Balaban J connectivity index is 1.94. The van der Waals surface area contributed by atoms with E-state index in [2.05, 4.69) is 43.3 Å². The molecule has 100 valence electrons. The van der Waals surface area contributed by atoms with Gasteiger partial charge in [-0.1, -0.05) is 25.8 Å². The predicted molar refractivity (Wildman–Crippen MR) is 76.6 cm³/mol. The number of pyridine rings is 1. The molecule has 0 amide bonds. The molecular formula is C16H26N2. The molecule has 2 nitrogen and oxygen atoms in total. The number of aromatic nitrogens is 1. The van der Waals surface area contributed by atoms with Crippen molar-refractivity contribution in [3.8, 4) is 0 Å². The molecular weight excluding hydrogens is 220 g/mol. The van der Waals surface area contributed by atoms with Crippen LogP contribution in [0.2, 0.25) is 0 Å². The molecule has 0 aliphatic heterocycles. The molecule has 1 aromatic heterocycles. The van der Waals surface area contributed by atoms with E-state index in [1.54, 1.807) is 0 Å². The van der Waals surface area contributed by atoms with Crippen molar-refractivity contribution in [1.29, 1.82) is 0 Å². The number of rotatable bonds is 4. The van der Waals surface area contributed by atoms with E-state index in [-0.39, 0.29) is 0 Å². The average molecular weight is 246 g/mol. The first kappa shape index (κ1) is 13.5. The van der Waals surface area contributed by atoms with Gasteiger partial charge in [0.1, 0.15) is 0 Å². The number of likely N-dealkylation sites (N-methyl/N-ethyl adjacent to an activating group) is 1. The van der Waals surface area contributed by atoms with Gasteiger partial charge in [0.2, 0.25) is 0 Å². The second-order valence-electron chi connectivity index (χ2n) is 5.95. The second kappa shape index (κ2) is 6.33. The lowest BCUT2D eigenvalue weighted by molar-refractivity contribution is 0.234. The highest BCUT2D eigenvalue weighted by molar-refractivity contribution is 5.13. The van der Waals surface area contributed by atoms with E-state index in [1.165, 1.54) is 36.9 Å². The summed E-state index contributed by atoms with van der Waals surface area (Å²) in [4.78, 5) is 4.54. The summed E-state index contributed by atoms with van der Waals surface area (Å²) in [5.41, 5.74) is 2.46. The van der Waals surface area contributed by atoms with Crippen LogP contribution in [0.4, 0.5) is 0 Å². The van der Waals surface area contributed by atoms with Crippen LogP contribution in [0.3, 0.4) is 0 Å². The number of hydrogen-bond donors (Lipinski definition) is 1. The monoisotopic (exact) mass is 246 g/mol. The Bertz CT molecular complexity index is 350. The highest BCUT2D eigenvalue weighted by atomic mass is 14.9. The summed E-state index contributed by atoms with van der Waals surface area (Å²) in [6.45, 7) is 4.47. The van der Waals surface area contributed by atoms with E-state index >= 15 is 0 Å². The molecule has 2 rings (SSSR count). The van der Waals surface area contributed by atoms with E-state index in [0.29, 0.717) is 6.04 Å². The summed E-state index contributed by atoms with van der Waals surface area (Å²) in [5.74, 6) is 1.76. The maximum atomic E-state index is 4.54. The third-order valence-electron chi connectivity index (χ3n) is 4.40. The van der Waals surface area contributed by atoms with Crippen LogP contribution in [-0.2, 0) is 6.42 Å². The van der Waals surface area contributed by atoms with Gasteiger partial charge < -0.3 is 5.32 Å². The van der Waals surface area contributed by atoms with Crippen LogP contribution in [0.1, 0.15) is 43.9 Å². The summed E-state index contributed by atoms with van der Waals surface area (Å²) in [6, 6.07) is 4.93. The topological polar surface area (TPSA) is 24.9 Å². The molecule has 0 spiro atoms. The molecule has 0 radical (unpaired) electrons. The Morgan fingerprint density at radius 3 is 2.56 bits per heavy atom. The minimum atomic E-state index is 0.590. The summed E-state index contributed by atoms with van der Waals surface area (Å²) in [7, 11) is 2.09. The van der Waals surface area contributed by atoms with Crippen molar-refractivity contribution in [2.75, 3.05) is 7.05 Å². The highest BCUT2D eigenvalue weighted by Crippen LogP contribution is 2.31. The van der Waals surface area contributed by atoms with E-state index in [1.807, 2.05) is 6.20 Å². The Morgan fingerprint density at radius 1 is 1.28 bits per heavy atom. The molecule has 1 fully saturated rings. The van der Waals surface area contributed by atoms with Crippen LogP contribution in [0.25, 0.3) is 0 Å². The van der Waals surface area contributed by atoms with E-state index in [9.17, 15) is 0 Å². The van der Waals surface area contributed by atoms with Crippen molar-refractivity contribution < 1.29 is 0 Å². The summed E-state index contributed by atoms with van der Waals surface area (Å²) < 4.78 is 0. The van der Waals surface area contributed by atoms with Gasteiger partial charge in [-0.05, 0) is 50.3 Å². The third-order valence-corrected chi connectivity index (χ3v) is 4.40. The fourth-order valence-corrected chi connectivity index (χ4v) is 3.04. The Kier molecular flexibility index (Phi) is 4.76. The molecule has 1 unspecified atom stereocenters. The Labute approximate surface area is 111 Å². The molecule has 0 aromatic carbocycles. The number of nitrogens with one attached hydrogen (secondary N) is 1. The van der Waals surface area contributed by atoms with Crippen LogP contribution >= 0.6 is 0 Å². The first-order valence-corrected chi connectivity index (χ1v) is 7.28. The average Bonchev–Trinajstić information content (AvgIpc) is 2.39. The standard InChI is InChI=1S/C16H26N2/c1-12-4-7-14(8-5-12)16(17-3)10-15-9-6-13(2)11-18-15/h6,9,11-12,14,16-17H,4-5,7-8,10H2,1-3H3. The summed E-state index contributed by atoms with van der Waals surface area (Å²) in [5, 5.41) is 3.51. The first-order valence-electron chi connectivity index (χ1n) is 7.28. The molecule has 1 heterocycles. The number of hydrogen-bond acceptors (Lipinski definition) is 2. The van der Waals surface area contributed by atoms with Gasteiger partial charge >= 0.3 is 0 Å². The van der Waals surface area contributed by atoms with Crippen LogP contribution in [0.15, 0.2) is 18.3 Å². The zero-order chi connectivity index (χ0) is 13.0. The molecule has 18 heavy (non-hydrogen) atoms. The van der Waals surface area contributed by atoms with Gasteiger partial charge in [0.25, 0.3) is 0 Å².